The number of hydrogen-bond donors (Lipinski definition) is 2. The van der Waals surface area contributed by atoms with Crippen LogP contribution in [0.15, 0.2) is 36.5 Å². The van der Waals surface area contributed by atoms with Gasteiger partial charge in [-0.3, -0.25) is 0 Å². The fourth-order valence-electron chi connectivity index (χ4n) is 1.59. The molecule has 2 N–H and O–H groups in total. The van der Waals surface area contributed by atoms with Crippen LogP contribution in [0.2, 0.25) is 0 Å². The Bertz CT molecular complexity index is 500. The zero-order chi connectivity index (χ0) is 12.1. The Balaban J connectivity index is 1.90. The molecule has 1 aromatic heterocycles. The van der Waals surface area contributed by atoms with Crippen LogP contribution < -0.4 is 5.32 Å². The van der Waals surface area contributed by atoms with Crippen molar-refractivity contribution in [1.29, 1.82) is 0 Å². The number of aryl methyl sites for hydroxylation is 1. The van der Waals surface area contributed by atoms with Gasteiger partial charge in [0.05, 0.1) is 5.69 Å². The first kappa shape index (κ1) is 11.5. The molecule has 4 nitrogen and oxygen atoms in total. The van der Waals surface area contributed by atoms with Crippen molar-refractivity contribution in [2.45, 2.75) is 20.0 Å². The van der Waals surface area contributed by atoms with Gasteiger partial charge in [-0.2, -0.15) is 0 Å². The van der Waals surface area contributed by atoms with E-state index in [0.717, 1.165) is 17.1 Å². The van der Waals surface area contributed by atoms with Crippen LogP contribution in [-0.2, 0) is 13.1 Å². The van der Waals surface area contributed by atoms with E-state index in [9.17, 15) is 5.11 Å². The molecular weight excluding hydrogens is 214 g/mol. The highest BCUT2D eigenvalue weighted by Gasteiger charge is 1.99. The Labute approximate surface area is 100 Å². The molecule has 0 spiro atoms. The van der Waals surface area contributed by atoms with E-state index in [0.29, 0.717) is 18.8 Å². The molecule has 1 heterocycles. The van der Waals surface area contributed by atoms with Crippen LogP contribution >= 0.6 is 0 Å². The maximum Gasteiger partial charge on any atom is 0.125 e. The van der Waals surface area contributed by atoms with Crippen molar-refractivity contribution < 1.29 is 5.11 Å². The topological polar surface area (TPSA) is 58.0 Å². The van der Waals surface area contributed by atoms with Gasteiger partial charge in [-0.05, 0) is 19.1 Å². The van der Waals surface area contributed by atoms with Crippen molar-refractivity contribution >= 4 is 0 Å². The number of benzene rings is 1. The summed E-state index contributed by atoms with van der Waals surface area (Å²) in [7, 11) is 0. The van der Waals surface area contributed by atoms with Gasteiger partial charge >= 0.3 is 0 Å². The molecule has 0 aliphatic heterocycles. The van der Waals surface area contributed by atoms with Gasteiger partial charge in [0.15, 0.2) is 0 Å². The highest BCUT2D eigenvalue weighted by molar-refractivity contribution is 5.31. The van der Waals surface area contributed by atoms with E-state index in [1.807, 2.05) is 31.2 Å². The first-order valence-corrected chi connectivity index (χ1v) is 5.52. The predicted molar refractivity (Wildman–Crippen MR) is 65.4 cm³/mol. The summed E-state index contributed by atoms with van der Waals surface area (Å²) < 4.78 is 0. The summed E-state index contributed by atoms with van der Waals surface area (Å²) in [5, 5.41) is 12.8. The molecule has 0 fully saturated rings. The zero-order valence-corrected chi connectivity index (χ0v) is 9.72. The molecule has 2 aromatic rings. The lowest BCUT2D eigenvalue weighted by molar-refractivity contribution is 0.464. The number of phenolic OH excluding ortho intramolecular Hbond substituents is 1. The highest BCUT2D eigenvalue weighted by atomic mass is 16.3. The van der Waals surface area contributed by atoms with Crippen molar-refractivity contribution in [1.82, 2.24) is 15.3 Å². The van der Waals surface area contributed by atoms with Gasteiger partial charge in [0.25, 0.3) is 0 Å². The van der Waals surface area contributed by atoms with Crippen LogP contribution in [0.1, 0.15) is 17.1 Å². The van der Waals surface area contributed by atoms with Gasteiger partial charge in [0.1, 0.15) is 11.6 Å². The first-order valence-electron chi connectivity index (χ1n) is 5.52. The lowest BCUT2D eigenvalue weighted by atomic mass is 10.2. The van der Waals surface area contributed by atoms with Crippen LogP contribution in [0, 0.1) is 6.92 Å². The van der Waals surface area contributed by atoms with Crippen molar-refractivity contribution in [2.24, 2.45) is 0 Å². The summed E-state index contributed by atoms with van der Waals surface area (Å²) in [5.74, 6) is 1.09. The third kappa shape index (κ3) is 3.26. The second-order valence-corrected chi connectivity index (χ2v) is 3.83. The molecule has 0 bridgehead atoms. The minimum absolute atomic E-state index is 0.318. The number of aromatic hydroxyl groups is 1. The van der Waals surface area contributed by atoms with Gasteiger partial charge in [0.2, 0.25) is 0 Å². The molecule has 0 amide bonds. The monoisotopic (exact) mass is 229 g/mol. The fourth-order valence-corrected chi connectivity index (χ4v) is 1.59. The van der Waals surface area contributed by atoms with Gasteiger partial charge in [-0.15, -0.1) is 0 Å². The van der Waals surface area contributed by atoms with Crippen molar-refractivity contribution in [3.8, 4) is 5.75 Å². The molecule has 0 saturated carbocycles. The average molecular weight is 229 g/mol. The van der Waals surface area contributed by atoms with Gasteiger partial charge in [0, 0.05) is 24.8 Å². The fraction of sp³-hybridized carbons (Fsp3) is 0.231. The molecule has 88 valence electrons. The van der Waals surface area contributed by atoms with Crippen LogP contribution in [-0.4, -0.2) is 15.1 Å². The van der Waals surface area contributed by atoms with Gasteiger partial charge in [-0.25, -0.2) is 9.97 Å². The molecule has 0 aliphatic rings. The third-order valence-electron chi connectivity index (χ3n) is 2.45. The predicted octanol–water partition coefficient (Wildman–Crippen LogP) is 1.78. The van der Waals surface area contributed by atoms with E-state index < -0.39 is 0 Å². The quantitative estimate of drug-likeness (QED) is 0.839. The summed E-state index contributed by atoms with van der Waals surface area (Å²) in [6.07, 6.45) is 1.75. The van der Waals surface area contributed by atoms with Crippen molar-refractivity contribution in [3.63, 3.8) is 0 Å². The molecular formula is C13H15N3O. The maximum absolute atomic E-state index is 9.59. The van der Waals surface area contributed by atoms with Gasteiger partial charge < -0.3 is 10.4 Å². The second-order valence-electron chi connectivity index (χ2n) is 3.83. The van der Waals surface area contributed by atoms with E-state index in [4.69, 9.17) is 0 Å². The lowest BCUT2D eigenvalue weighted by Gasteiger charge is -2.06. The van der Waals surface area contributed by atoms with E-state index in [2.05, 4.69) is 15.3 Å². The van der Waals surface area contributed by atoms with E-state index in [1.54, 1.807) is 12.3 Å². The Hall–Kier alpha value is -1.94. The Morgan fingerprint density at radius 3 is 2.76 bits per heavy atom. The molecule has 1 aromatic carbocycles. The molecule has 4 heteroatoms. The minimum Gasteiger partial charge on any atom is -0.508 e. The number of nitrogens with zero attached hydrogens (tertiary/aromatic N) is 2. The van der Waals surface area contributed by atoms with E-state index in [-0.39, 0.29) is 0 Å². The SMILES string of the molecule is Cc1nccc(CNCc2ccccc2O)n1. The molecule has 0 atom stereocenters. The summed E-state index contributed by atoms with van der Waals surface area (Å²) in [5.41, 5.74) is 1.84. The first-order chi connectivity index (χ1) is 8.25. The molecule has 0 radical (unpaired) electrons. The van der Waals surface area contributed by atoms with E-state index in [1.165, 1.54) is 0 Å². The highest BCUT2D eigenvalue weighted by Crippen LogP contribution is 2.14. The Morgan fingerprint density at radius 2 is 2.00 bits per heavy atom. The lowest BCUT2D eigenvalue weighted by Crippen LogP contribution is -2.14. The number of rotatable bonds is 4. The largest absolute Gasteiger partial charge is 0.508 e. The van der Waals surface area contributed by atoms with Crippen LogP contribution in [0.25, 0.3) is 0 Å². The van der Waals surface area contributed by atoms with Crippen molar-refractivity contribution in [2.75, 3.05) is 0 Å². The molecule has 0 saturated heterocycles. The normalized spacial score (nSPS) is 10.4. The molecule has 17 heavy (non-hydrogen) atoms. The van der Waals surface area contributed by atoms with Crippen molar-refractivity contribution in [3.05, 3.63) is 53.6 Å². The maximum atomic E-state index is 9.59. The van der Waals surface area contributed by atoms with E-state index >= 15 is 0 Å². The van der Waals surface area contributed by atoms with Crippen LogP contribution in [0.3, 0.4) is 0 Å². The third-order valence-corrected chi connectivity index (χ3v) is 2.45. The number of nitrogens with one attached hydrogen (secondary N) is 1. The van der Waals surface area contributed by atoms with Gasteiger partial charge in [-0.1, -0.05) is 18.2 Å². The zero-order valence-electron chi connectivity index (χ0n) is 9.72. The standard InChI is InChI=1S/C13H15N3O/c1-10-15-7-6-12(16-10)9-14-8-11-4-2-3-5-13(11)17/h2-7,14,17H,8-9H2,1H3. The van der Waals surface area contributed by atoms with Crippen LogP contribution in [0.5, 0.6) is 5.75 Å². The average Bonchev–Trinajstić information content (AvgIpc) is 2.32. The summed E-state index contributed by atoms with van der Waals surface area (Å²) in [6.45, 7) is 3.15. The summed E-state index contributed by atoms with van der Waals surface area (Å²) in [4.78, 5) is 8.33. The number of para-hydroxylation sites is 1. The molecule has 0 unspecified atom stereocenters. The Morgan fingerprint density at radius 1 is 1.18 bits per heavy atom. The molecule has 2 rings (SSSR count). The number of phenols is 1. The molecule has 0 aliphatic carbocycles. The summed E-state index contributed by atoms with van der Waals surface area (Å²) >= 11 is 0. The number of hydrogen-bond acceptors (Lipinski definition) is 4. The number of aromatic nitrogens is 2. The van der Waals surface area contributed by atoms with Crippen LogP contribution in [0.4, 0.5) is 0 Å². The smallest absolute Gasteiger partial charge is 0.125 e. The summed E-state index contributed by atoms with van der Waals surface area (Å²) in [6, 6.07) is 9.18. The second kappa shape index (κ2) is 5.41. The minimum atomic E-state index is 0.318. The Kier molecular flexibility index (Phi) is 3.67.